The number of rotatable bonds is 19. The second-order valence-corrected chi connectivity index (χ2v) is 11.4. The van der Waals surface area contributed by atoms with Crippen LogP contribution in [0.2, 0.25) is 0 Å². The number of hydroxylamine groups is 2. The minimum Gasteiger partial charge on any atom is -0.391 e. The van der Waals surface area contributed by atoms with Crippen molar-refractivity contribution in [2.75, 3.05) is 51.8 Å². The summed E-state index contributed by atoms with van der Waals surface area (Å²) >= 11 is 0. The van der Waals surface area contributed by atoms with Gasteiger partial charge >= 0.3 is 15.2 Å². The number of aliphatic hydroxyl groups is 2. The van der Waals surface area contributed by atoms with Crippen LogP contribution in [0.1, 0.15) is 33.3 Å². The van der Waals surface area contributed by atoms with E-state index in [1.54, 1.807) is 27.7 Å². The van der Waals surface area contributed by atoms with Crippen LogP contribution >= 0.6 is 15.2 Å². The van der Waals surface area contributed by atoms with Gasteiger partial charge in [0.25, 0.3) is 0 Å². The zero-order valence-corrected chi connectivity index (χ0v) is 21.8. The third kappa shape index (κ3) is 12.6. The predicted molar refractivity (Wildman–Crippen MR) is 126 cm³/mol. The lowest BCUT2D eigenvalue weighted by Crippen LogP contribution is -2.40. The van der Waals surface area contributed by atoms with Crippen LogP contribution in [-0.4, -0.2) is 79.3 Å². The minimum absolute atomic E-state index is 0.0817. The van der Waals surface area contributed by atoms with Gasteiger partial charge in [-0.1, -0.05) is 30.3 Å². The smallest absolute Gasteiger partial charge is 0.333 e. The molecule has 0 spiro atoms. The Balaban J connectivity index is 2.86. The van der Waals surface area contributed by atoms with Crippen LogP contribution in [0, 0.1) is 0 Å². The molecule has 2 atom stereocenters. The molecular weight excluding hydrogens is 472 g/mol. The zero-order valence-electron chi connectivity index (χ0n) is 20.0. The largest absolute Gasteiger partial charge is 0.391 e. The summed E-state index contributed by atoms with van der Waals surface area (Å²) in [6.07, 6.45) is -2.70. The van der Waals surface area contributed by atoms with E-state index in [1.165, 1.54) is 5.06 Å². The molecule has 2 N–H and O–H groups in total. The van der Waals surface area contributed by atoms with Crippen molar-refractivity contribution in [2.24, 2.45) is 0 Å². The van der Waals surface area contributed by atoms with Crippen LogP contribution in [-0.2, 0) is 38.7 Å². The van der Waals surface area contributed by atoms with Crippen molar-refractivity contribution in [1.82, 2.24) is 5.06 Å². The van der Waals surface area contributed by atoms with Crippen LogP contribution in [0.5, 0.6) is 0 Å². The van der Waals surface area contributed by atoms with Crippen molar-refractivity contribution in [3.05, 3.63) is 35.9 Å². The van der Waals surface area contributed by atoms with E-state index in [9.17, 15) is 19.3 Å². The molecule has 1 rings (SSSR count). The highest BCUT2D eigenvalue weighted by Gasteiger charge is 2.32. The molecule has 12 heteroatoms. The van der Waals surface area contributed by atoms with Gasteiger partial charge in [0.2, 0.25) is 0 Å². The van der Waals surface area contributed by atoms with Crippen molar-refractivity contribution in [3.8, 4) is 0 Å². The van der Waals surface area contributed by atoms with Gasteiger partial charge in [0.05, 0.1) is 70.7 Å². The fraction of sp³-hybridized carbons (Fsp3) is 0.714. The molecule has 10 nitrogen and oxygen atoms in total. The summed E-state index contributed by atoms with van der Waals surface area (Å²) in [4.78, 5) is 5.81. The summed E-state index contributed by atoms with van der Waals surface area (Å²) in [5, 5.41) is 22.5. The Kier molecular flexibility index (Phi) is 14.8. The van der Waals surface area contributed by atoms with E-state index in [0.29, 0.717) is 0 Å². The van der Waals surface area contributed by atoms with E-state index in [1.807, 2.05) is 30.3 Å². The second-order valence-electron chi connectivity index (χ2n) is 7.17. The van der Waals surface area contributed by atoms with E-state index in [4.69, 9.17) is 22.9 Å². The van der Waals surface area contributed by atoms with Crippen molar-refractivity contribution < 1.29 is 42.3 Å². The van der Waals surface area contributed by atoms with Crippen molar-refractivity contribution >= 4 is 15.2 Å². The van der Waals surface area contributed by atoms with Crippen molar-refractivity contribution in [2.45, 2.75) is 46.5 Å². The Hall–Kier alpha value is -0.640. The number of hydrogen-bond acceptors (Lipinski definition) is 10. The molecule has 0 heterocycles. The molecule has 0 radical (unpaired) electrons. The average molecular weight is 511 g/mol. The number of benzene rings is 1. The van der Waals surface area contributed by atoms with Crippen LogP contribution in [0.25, 0.3) is 0 Å². The molecule has 0 aromatic heterocycles. The van der Waals surface area contributed by atoms with E-state index < -0.39 is 27.4 Å². The molecule has 1 aromatic carbocycles. The summed E-state index contributed by atoms with van der Waals surface area (Å²) < 4.78 is 46.5. The topological polar surface area (TPSA) is 124 Å². The number of nitrogens with zero attached hydrogens (tertiary/aromatic N) is 1. The van der Waals surface area contributed by atoms with E-state index in [2.05, 4.69) is 0 Å². The van der Waals surface area contributed by atoms with Crippen LogP contribution in [0.15, 0.2) is 30.3 Å². The van der Waals surface area contributed by atoms with Crippen LogP contribution < -0.4 is 0 Å². The molecular formula is C21H39NO9P2. The maximum absolute atomic E-state index is 12.8. The van der Waals surface area contributed by atoms with Gasteiger partial charge in [-0.2, -0.15) is 5.06 Å². The summed E-state index contributed by atoms with van der Waals surface area (Å²) in [6.45, 7) is 7.52. The highest BCUT2D eigenvalue weighted by molar-refractivity contribution is 7.54. The lowest BCUT2D eigenvalue weighted by Gasteiger charge is -2.29. The standard InChI is InChI=1S/C21H39NO9P2/c1-5-28-32(25,29-6-2)17-20(23)14-22(27-16-19-12-10-9-11-13-19)15-21(24)18-33(26,30-7-3)31-8-4/h9-13,20-21,23-24H,5-8,14-18H2,1-4H3/t20-,21-/m1/s1. The van der Waals surface area contributed by atoms with Gasteiger partial charge < -0.3 is 28.3 Å². The predicted octanol–water partition coefficient (Wildman–Crippen LogP) is 3.67. The first-order valence-corrected chi connectivity index (χ1v) is 14.7. The van der Waals surface area contributed by atoms with Crippen LogP contribution in [0.4, 0.5) is 0 Å². The van der Waals surface area contributed by atoms with E-state index in [0.717, 1.165) is 5.56 Å². The normalized spacial score (nSPS) is 14.5. The van der Waals surface area contributed by atoms with Gasteiger partial charge in [0.15, 0.2) is 0 Å². The monoisotopic (exact) mass is 511 g/mol. The van der Waals surface area contributed by atoms with Crippen LogP contribution in [0.3, 0.4) is 0 Å². The van der Waals surface area contributed by atoms with Gasteiger partial charge in [-0.3, -0.25) is 14.0 Å². The Labute approximate surface area is 197 Å². The molecule has 0 aliphatic carbocycles. The van der Waals surface area contributed by atoms with Gasteiger partial charge in [-0.25, -0.2) is 0 Å². The molecule has 0 amide bonds. The maximum Gasteiger partial charge on any atom is 0.333 e. The van der Waals surface area contributed by atoms with Crippen molar-refractivity contribution in [3.63, 3.8) is 0 Å². The van der Waals surface area contributed by atoms with Crippen molar-refractivity contribution in [1.29, 1.82) is 0 Å². The fourth-order valence-electron chi connectivity index (χ4n) is 3.09. The van der Waals surface area contributed by atoms with Gasteiger partial charge in [0.1, 0.15) is 0 Å². The molecule has 0 saturated heterocycles. The molecule has 33 heavy (non-hydrogen) atoms. The first-order chi connectivity index (χ1) is 15.7. The lowest BCUT2D eigenvalue weighted by atomic mass is 10.2. The maximum atomic E-state index is 12.8. The molecule has 0 aliphatic heterocycles. The Bertz CT molecular complexity index is 678. The summed E-state index contributed by atoms with van der Waals surface area (Å²) in [6, 6.07) is 9.37. The minimum atomic E-state index is -3.47. The summed E-state index contributed by atoms with van der Waals surface area (Å²) in [5.74, 6) is 0. The first kappa shape index (κ1) is 30.4. The molecule has 0 unspecified atom stereocenters. The third-order valence-corrected chi connectivity index (χ3v) is 8.60. The van der Waals surface area contributed by atoms with E-state index in [-0.39, 0.29) is 58.4 Å². The molecule has 0 fully saturated rings. The molecule has 0 saturated carbocycles. The average Bonchev–Trinajstić information content (AvgIpc) is 2.73. The third-order valence-electron chi connectivity index (χ3n) is 4.26. The summed E-state index contributed by atoms with van der Waals surface area (Å²) in [7, 11) is -6.95. The highest BCUT2D eigenvalue weighted by atomic mass is 31.2. The highest BCUT2D eigenvalue weighted by Crippen LogP contribution is 2.49. The fourth-order valence-corrected chi connectivity index (χ4v) is 6.50. The Morgan fingerprint density at radius 3 is 1.52 bits per heavy atom. The molecule has 192 valence electrons. The van der Waals surface area contributed by atoms with Gasteiger partial charge in [-0.15, -0.1) is 0 Å². The molecule has 0 aliphatic rings. The molecule has 0 bridgehead atoms. The van der Waals surface area contributed by atoms with Gasteiger partial charge in [-0.05, 0) is 33.3 Å². The lowest BCUT2D eigenvalue weighted by molar-refractivity contribution is -0.192. The second kappa shape index (κ2) is 16.1. The first-order valence-electron chi connectivity index (χ1n) is 11.2. The molecule has 1 aromatic rings. The zero-order chi connectivity index (χ0) is 24.7. The number of aliphatic hydroxyl groups excluding tert-OH is 2. The number of hydrogen-bond donors (Lipinski definition) is 2. The summed E-state index contributed by atoms with van der Waals surface area (Å²) in [5.41, 5.74) is 0.884. The van der Waals surface area contributed by atoms with E-state index >= 15 is 0 Å². The van der Waals surface area contributed by atoms with Gasteiger partial charge in [0, 0.05) is 0 Å². The SMILES string of the molecule is CCOP(=O)(C[C@H](O)CN(C[C@@H](O)CP(=O)(OCC)OCC)OCc1ccccc1)OCC. The Morgan fingerprint density at radius 1 is 0.758 bits per heavy atom. The quantitative estimate of drug-likeness (QED) is 0.210. The Morgan fingerprint density at radius 2 is 1.15 bits per heavy atom.